The van der Waals surface area contributed by atoms with E-state index in [9.17, 15) is 18.0 Å². The smallest absolute Gasteiger partial charge is 0.266 e. The van der Waals surface area contributed by atoms with Crippen molar-refractivity contribution in [3.05, 3.63) is 65.1 Å². The maximum Gasteiger partial charge on any atom is 0.266 e. The van der Waals surface area contributed by atoms with Crippen LogP contribution in [-0.2, 0) is 0 Å². The zero-order valence-corrected chi connectivity index (χ0v) is 17.5. The molecule has 4 aromatic rings. The molecule has 0 aliphatic rings. The lowest BCUT2D eigenvalue weighted by Gasteiger charge is -2.20. The number of carbonyl (C=O) groups excluding carboxylic acids is 1. The third-order valence-corrected chi connectivity index (χ3v) is 5.31. The summed E-state index contributed by atoms with van der Waals surface area (Å²) < 4.78 is 53.5. The number of rotatable bonds is 7. The normalized spacial score (nSPS) is 12.3. The molecule has 0 radical (unpaired) electrons. The molecule has 2 aromatic carbocycles. The monoisotopic (exact) mass is 443 g/mol. The molecule has 32 heavy (non-hydrogen) atoms. The fourth-order valence-electron chi connectivity index (χ4n) is 3.71. The van der Waals surface area contributed by atoms with Crippen LogP contribution in [0.25, 0.3) is 16.6 Å². The summed E-state index contributed by atoms with van der Waals surface area (Å²) in [5.74, 6) is 0.338. The van der Waals surface area contributed by atoms with Crippen molar-refractivity contribution in [3.8, 4) is 11.5 Å². The molecule has 0 aliphatic carbocycles. The number of aromatic nitrogens is 2. The predicted molar refractivity (Wildman–Crippen MR) is 115 cm³/mol. The molecule has 6 nitrogen and oxygen atoms in total. The van der Waals surface area contributed by atoms with Gasteiger partial charge in [-0.25, -0.2) is 18.2 Å². The number of hydrogen-bond acceptors (Lipinski definition) is 5. The van der Waals surface area contributed by atoms with E-state index in [1.807, 2.05) is 0 Å². The van der Waals surface area contributed by atoms with Gasteiger partial charge in [-0.05, 0) is 19.1 Å². The van der Waals surface area contributed by atoms with Crippen LogP contribution in [0, 0.1) is 5.82 Å². The minimum atomic E-state index is -2.92. The molecule has 0 fully saturated rings. The molecule has 0 amide bonds. The van der Waals surface area contributed by atoms with Crippen LogP contribution in [0.1, 0.15) is 40.9 Å². The summed E-state index contributed by atoms with van der Waals surface area (Å²) in [6.45, 7) is 1.65. The molecule has 2 heterocycles. The van der Waals surface area contributed by atoms with Gasteiger partial charge in [-0.2, -0.15) is 0 Å². The van der Waals surface area contributed by atoms with Crippen molar-refractivity contribution in [2.24, 2.45) is 0 Å². The minimum absolute atomic E-state index is 0.0852. The van der Waals surface area contributed by atoms with Crippen LogP contribution in [0.4, 0.5) is 19.0 Å². The highest BCUT2D eigenvalue weighted by Crippen LogP contribution is 2.37. The van der Waals surface area contributed by atoms with E-state index in [4.69, 9.17) is 9.47 Å². The molecule has 0 saturated heterocycles. The summed E-state index contributed by atoms with van der Waals surface area (Å²) in [5, 5.41) is 3.73. The largest absolute Gasteiger partial charge is 0.493 e. The first-order valence-corrected chi connectivity index (χ1v) is 9.74. The van der Waals surface area contributed by atoms with Crippen molar-refractivity contribution >= 4 is 28.7 Å². The molecule has 166 valence electrons. The van der Waals surface area contributed by atoms with Gasteiger partial charge in [-0.15, -0.1) is 0 Å². The number of alkyl halides is 2. The minimum Gasteiger partial charge on any atom is -0.493 e. The summed E-state index contributed by atoms with van der Waals surface area (Å²) >= 11 is 0. The standard InChI is InChI=1S/C23H20F3N3O3/c1-12(14-5-4-6-15(21(14)24)22(25)26)27-23-16-8-18(31-2)19(32-3)9-17(16)29-10-13(11-30)7-20(29)28-23/h4-12,22H,1-3H3,(H,27,28). The van der Waals surface area contributed by atoms with Gasteiger partial charge in [0.1, 0.15) is 17.3 Å². The van der Waals surface area contributed by atoms with E-state index >= 15 is 0 Å². The van der Waals surface area contributed by atoms with Crippen LogP contribution >= 0.6 is 0 Å². The molecule has 0 spiro atoms. The number of halogens is 3. The molecule has 0 bridgehead atoms. The number of aldehydes is 1. The van der Waals surface area contributed by atoms with Crippen molar-refractivity contribution < 1.29 is 27.4 Å². The highest BCUT2D eigenvalue weighted by atomic mass is 19.3. The molecule has 9 heteroatoms. The van der Waals surface area contributed by atoms with Gasteiger partial charge in [0.25, 0.3) is 6.43 Å². The summed E-state index contributed by atoms with van der Waals surface area (Å²) in [4.78, 5) is 15.9. The molecule has 4 rings (SSSR count). The molecule has 1 N–H and O–H groups in total. The summed E-state index contributed by atoms with van der Waals surface area (Å²) in [6.07, 6.45) is -0.568. The SMILES string of the molecule is COc1cc2c(NC(C)c3cccc(C(F)F)c3F)nc3cc(C=O)cn3c2cc1OC. The van der Waals surface area contributed by atoms with Crippen molar-refractivity contribution in [1.29, 1.82) is 0 Å². The number of anilines is 1. The van der Waals surface area contributed by atoms with E-state index < -0.39 is 23.8 Å². The Morgan fingerprint density at radius 3 is 2.44 bits per heavy atom. The Balaban J connectivity index is 1.89. The fraction of sp³-hybridized carbons (Fsp3) is 0.217. The molecule has 1 unspecified atom stereocenters. The fourth-order valence-corrected chi connectivity index (χ4v) is 3.71. The summed E-state index contributed by atoms with van der Waals surface area (Å²) in [7, 11) is 3.01. The summed E-state index contributed by atoms with van der Waals surface area (Å²) in [5.41, 5.74) is 0.996. The maximum atomic E-state index is 14.7. The number of benzene rings is 2. The van der Waals surface area contributed by atoms with E-state index in [0.29, 0.717) is 45.7 Å². The Labute approximate surface area is 181 Å². The Morgan fingerprint density at radius 2 is 1.78 bits per heavy atom. The zero-order valence-electron chi connectivity index (χ0n) is 17.5. The van der Waals surface area contributed by atoms with Crippen LogP contribution in [0.5, 0.6) is 11.5 Å². The Bertz CT molecular complexity index is 1320. The maximum absolute atomic E-state index is 14.7. The molecule has 1 atom stereocenters. The number of nitrogens with zero attached hydrogens (tertiary/aromatic N) is 2. The number of nitrogens with one attached hydrogen (secondary N) is 1. The van der Waals surface area contributed by atoms with Crippen LogP contribution < -0.4 is 14.8 Å². The van der Waals surface area contributed by atoms with Crippen LogP contribution in [0.3, 0.4) is 0 Å². The van der Waals surface area contributed by atoms with Gasteiger partial charge in [0.2, 0.25) is 0 Å². The van der Waals surface area contributed by atoms with Crippen molar-refractivity contribution in [2.45, 2.75) is 19.4 Å². The van der Waals surface area contributed by atoms with Crippen LogP contribution in [0.2, 0.25) is 0 Å². The third-order valence-electron chi connectivity index (χ3n) is 5.31. The average molecular weight is 443 g/mol. The van der Waals surface area contributed by atoms with Crippen LogP contribution in [-0.4, -0.2) is 29.9 Å². The van der Waals surface area contributed by atoms with E-state index in [1.165, 1.54) is 26.4 Å². The van der Waals surface area contributed by atoms with E-state index in [1.54, 1.807) is 35.7 Å². The second-order valence-electron chi connectivity index (χ2n) is 7.22. The zero-order chi connectivity index (χ0) is 23.0. The van der Waals surface area contributed by atoms with Gasteiger partial charge < -0.3 is 19.2 Å². The Hall–Kier alpha value is -3.75. The molecule has 0 saturated carbocycles. The number of carbonyl (C=O) groups is 1. The first-order chi connectivity index (χ1) is 15.4. The average Bonchev–Trinajstić information content (AvgIpc) is 3.21. The van der Waals surface area contributed by atoms with Gasteiger partial charge in [0.15, 0.2) is 17.8 Å². The molecule has 2 aromatic heterocycles. The van der Waals surface area contributed by atoms with Crippen molar-refractivity contribution in [1.82, 2.24) is 9.38 Å². The second kappa shape index (κ2) is 8.41. The predicted octanol–water partition coefficient (Wildman–Crippen LogP) is 5.57. The lowest BCUT2D eigenvalue weighted by Crippen LogP contribution is -2.12. The second-order valence-corrected chi connectivity index (χ2v) is 7.22. The number of hydrogen-bond donors (Lipinski definition) is 1. The quantitative estimate of drug-likeness (QED) is 0.379. The Kier molecular flexibility index (Phi) is 5.65. The molecule has 0 aliphatic heterocycles. The topological polar surface area (TPSA) is 64.9 Å². The third kappa shape index (κ3) is 3.59. The van der Waals surface area contributed by atoms with Crippen molar-refractivity contribution in [2.75, 3.05) is 19.5 Å². The highest BCUT2D eigenvalue weighted by molar-refractivity contribution is 5.95. The summed E-state index contributed by atoms with van der Waals surface area (Å²) in [6, 6.07) is 8.29. The first-order valence-electron chi connectivity index (χ1n) is 9.74. The number of methoxy groups -OCH3 is 2. The van der Waals surface area contributed by atoms with E-state index in [0.717, 1.165) is 6.07 Å². The van der Waals surface area contributed by atoms with Gasteiger partial charge in [-0.3, -0.25) is 4.79 Å². The molecular formula is C23H20F3N3O3. The van der Waals surface area contributed by atoms with Gasteiger partial charge in [-0.1, -0.05) is 18.2 Å². The van der Waals surface area contributed by atoms with Gasteiger partial charge in [0.05, 0.1) is 31.3 Å². The first kappa shape index (κ1) is 21.5. The van der Waals surface area contributed by atoms with Crippen molar-refractivity contribution in [3.63, 3.8) is 0 Å². The lowest BCUT2D eigenvalue weighted by molar-refractivity contribution is 0.112. The van der Waals surface area contributed by atoms with E-state index in [2.05, 4.69) is 10.3 Å². The lowest BCUT2D eigenvalue weighted by atomic mass is 10.0. The van der Waals surface area contributed by atoms with E-state index in [-0.39, 0.29) is 5.56 Å². The van der Waals surface area contributed by atoms with Crippen LogP contribution in [0.15, 0.2) is 42.6 Å². The number of fused-ring (bicyclic) bond motifs is 3. The molecular weight excluding hydrogens is 423 g/mol. The van der Waals surface area contributed by atoms with Gasteiger partial charge in [0, 0.05) is 28.8 Å². The Morgan fingerprint density at radius 1 is 1.09 bits per heavy atom. The number of ether oxygens (including phenoxy) is 2. The van der Waals surface area contributed by atoms with Gasteiger partial charge >= 0.3 is 0 Å². The highest BCUT2D eigenvalue weighted by Gasteiger charge is 2.21.